The molecule has 0 radical (unpaired) electrons. The van der Waals surface area contributed by atoms with E-state index in [2.05, 4.69) is 20.1 Å². The highest BCUT2D eigenvalue weighted by atomic mass is 16.5. The molecule has 2 rings (SSSR count). The van der Waals surface area contributed by atoms with Crippen LogP contribution in [0.2, 0.25) is 0 Å². The predicted octanol–water partition coefficient (Wildman–Crippen LogP) is 0.678. The fourth-order valence-electron chi connectivity index (χ4n) is 1.56. The molecule has 0 amide bonds. The van der Waals surface area contributed by atoms with Gasteiger partial charge in [0.15, 0.2) is 11.6 Å². The highest BCUT2D eigenvalue weighted by Crippen LogP contribution is 2.24. The van der Waals surface area contributed by atoms with Crippen molar-refractivity contribution in [1.29, 1.82) is 0 Å². The topological polar surface area (TPSA) is 95.1 Å². The lowest BCUT2D eigenvalue weighted by atomic mass is 10.3. The van der Waals surface area contributed by atoms with E-state index in [4.69, 9.17) is 5.73 Å². The molecular weight excluding hydrogens is 234 g/mol. The number of rotatable bonds is 3. The van der Waals surface area contributed by atoms with Crippen molar-refractivity contribution in [3.05, 3.63) is 30.0 Å². The maximum Gasteiger partial charge on any atom is 0.345 e. The molecule has 7 heteroatoms. The second kappa shape index (κ2) is 4.74. The summed E-state index contributed by atoms with van der Waals surface area (Å²) in [5, 5.41) is 6.99. The van der Waals surface area contributed by atoms with Gasteiger partial charge in [-0.1, -0.05) is 6.07 Å². The molecule has 2 aromatic heterocycles. The number of carbonyl (C=O) groups excluding carboxylic acids is 1. The number of ether oxygens (including phenoxy) is 1. The summed E-state index contributed by atoms with van der Waals surface area (Å²) in [5.41, 5.74) is 6.11. The Labute approximate surface area is 104 Å². The summed E-state index contributed by atoms with van der Waals surface area (Å²) >= 11 is 0. The number of nitrogens with zero attached hydrogens (tertiary/aromatic N) is 3. The number of nitrogens with one attached hydrogen (secondary N) is 1. The molecule has 94 valence electrons. The van der Waals surface area contributed by atoms with Gasteiger partial charge >= 0.3 is 5.97 Å². The molecule has 0 saturated heterocycles. The van der Waals surface area contributed by atoms with Gasteiger partial charge in [0.1, 0.15) is 11.4 Å². The number of esters is 1. The van der Waals surface area contributed by atoms with Crippen LogP contribution in [0, 0.1) is 0 Å². The first-order valence-corrected chi connectivity index (χ1v) is 5.25. The van der Waals surface area contributed by atoms with E-state index >= 15 is 0 Å². The summed E-state index contributed by atoms with van der Waals surface area (Å²) in [6.07, 6.45) is 1.62. The Hall–Kier alpha value is -2.57. The normalized spacial score (nSPS) is 10.1. The number of aromatic nitrogens is 3. The zero-order valence-corrected chi connectivity index (χ0v) is 10.0. The van der Waals surface area contributed by atoms with Gasteiger partial charge in [-0.15, -0.1) is 5.10 Å². The van der Waals surface area contributed by atoms with E-state index in [1.54, 1.807) is 31.4 Å². The summed E-state index contributed by atoms with van der Waals surface area (Å²) in [5.74, 6) is 0.524. The molecule has 7 nitrogen and oxygen atoms in total. The van der Waals surface area contributed by atoms with Crippen LogP contribution in [0.25, 0.3) is 5.82 Å². The molecule has 2 aromatic rings. The fraction of sp³-hybridized carbons (Fsp3) is 0.182. The highest BCUT2D eigenvalue weighted by Gasteiger charge is 2.23. The number of nitrogens with two attached hydrogens (primary N) is 1. The average molecular weight is 247 g/mol. The zero-order chi connectivity index (χ0) is 13.1. The first-order chi connectivity index (χ1) is 8.69. The quantitative estimate of drug-likeness (QED) is 0.774. The van der Waals surface area contributed by atoms with Gasteiger partial charge < -0.3 is 15.8 Å². The lowest BCUT2D eigenvalue weighted by Crippen LogP contribution is -2.08. The molecule has 0 aliphatic rings. The molecular formula is C11H13N5O2. The third-order valence-electron chi connectivity index (χ3n) is 2.41. The number of anilines is 2. The van der Waals surface area contributed by atoms with E-state index in [1.165, 1.54) is 11.8 Å². The van der Waals surface area contributed by atoms with Crippen LogP contribution in [0.5, 0.6) is 0 Å². The number of carbonyl (C=O) groups is 1. The lowest BCUT2D eigenvalue weighted by molar-refractivity contribution is 0.0603. The molecule has 3 N–H and O–H groups in total. The van der Waals surface area contributed by atoms with Crippen LogP contribution in [-0.4, -0.2) is 34.9 Å². The van der Waals surface area contributed by atoms with Gasteiger partial charge in [0.05, 0.1) is 7.11 Å². The number of nitrogen functional groups attached to an aromatic ring is 1. The van der Waals surface area contributed by atoms with E-state index in [0.29, 0.717) is 11.6 Å². The molecule has 0 aliphatic heterocycles. The minimum atomic E-state index is -0.543. The summed E-state index contributed by atoms with van der Waals surface area (Å²) in [4.78, 5) is 15.8. The van der Waals surface area contributed by atoms with Crippen molar-refractivity contribution in [2.75, 3.05) is 25.2 Å². The largest absolute Gasteiger partial charge is 0.465 e. The minimum Gasteiger partial charge on any atom is -0.465 e. The van der Waals surface area contributed by atoms with Crippen molar-refractivity contribution in [1.82, 2.24) is 14.8 Å². The smallest absolute Gasteiger partial charge is 0.345 e. The number of hydrogen-bond acceptors (Lipinski definition) is 6. The Morgan fingerprint density at radius 1 is 1.50 bits per heavy atom. The molecule has 0 bridgehead atoms. The molecule has 0 spiro atoms. The molecule has 0 atom stereocenters. The zero-order valence-electron chi connectivity index (χ0n) is 10.0. The Morgan fingerprint density at radius 3 is 2.83 bits per heavy atom. The molecule has 0 unspecified atom stereocenters. The van der Waals surface area contributed by atoms with Crippen molar-refractivity contribution in [3.63, 3.8) is 0 Å². The fourth-order valence-corrected chi connectivity index (χ4v) is 1.56. The van der Waals surface area contributed by atoms with Crippen LogP contribution in [0.4, 0.5) is 11.6 Å². The SMILES string of the molecule is CNc1nn(-c2ccccn2)c(N)c1C(=O)OC. The van der Waals surface area contributed by atoms with Gasteiger partial charge in [0, 0.05) is 13.2 Å². The van der Waals surface area contributed by atoms with Crippen molar-refractivity contribution in [2.45, 2.75) is 0 Å². The van der Waals surface area contributed by atoms with Crippen molar-refractivity contribution < 1.29 is 9.53 Å². The third kappa shape index (κ3) is 1.86. The second-order valence-electron chi connectivity index (χ2n) is 3.45. The van der Waals surface area contributed by atoms with E-state index in [0.717, 1.165) is 0 Å². The lowest BCUT2D eigenvalue weighted by Gasteiger charge is -2.02. The predicted molar refractivity (Wildman–Crippen MR) is 66.7 cm³/mol. The van der Waals surface area contributed by atoms with Gasteiger partial charge in [0.25, 0.3) is 0 Å². The van der Waals surface area contributed by atoms with Crippen LogP contribution in [-0.2, 0) is 4.74 Å². The molecule has 0 aliphatic carbocycles. The molecule has 0 saturated carbocycles. The van der Waals surface area contributed by atoms with Gasteiger partial charge in [-0.05, 0) is 12.1 Å². The highest BCUT2D eigenvalue weighted by molar-refractivity contribution is 5.99. The van der Waals surface area contributed by atoms with Gasteiger partial charge in [-0.25, -0.2) is 9.78 Å². The summed E-state index contributed by atoms with van der Waals surface area (Å²) in [6, 6.07) is 5.33. The van der Waals surface area contributed by atoms with Crippen LogP contribution in [0.15, 0.2) is 24.4 Å². The van der Waals surface area contributed by atoms with E-state index in [-0.39, 0.29) is 11.4 Å². The average Bonchev–Trinajstić information content (AvgIpc) is 2.76. The maximum absolute atomic E-state index is 11.6. The minimum absolute atomic E-state index is 0.185. The number of hydrogen-bond donors (Lipinski definition) is 2. The number of methoxy groups -OCH3 is 1. The molecule has 0 fully saturated rings. The summed E-state index contributed by atoms with van der Waals surface area (Å²) < 4.78 is 6.06. The Balaban J connectivity index is 2.58. The second-order valence-corrected chi connectivity index (χ2v) is 3.45. The summed E-state index contributed by atoms with van der Waals surface area (Å²) in [7, 11) is 2.94. The van der Waals surface area contributed by atoms with Crippen molar-refractivity contribution >= 4 is 17.6 Å². The van der Waals surface area contributed by atoms with Crippen molar-refractivity contribution in [3.8, 4) is 5.82 Å². The third-order valence-corrected chi connectivity index (χ3v) is 2.41. The van der Waals surface area contributed by atoms with Crippen LogP contribution < -0.4 is 11.1 Å². The number of pyridine rings is 1. The van der Waals surface area contributed by atoms with Gasteiger partial charge in [-0.2, -0.15) is 4.68 Å². The van der Waals surface area contributed by atoms with Gasteiger partial charge in [-0.3, -0.25) is 0 Å². The van der Waals surface area contributed by atoms with Crippen molar-refractivity contribution in [2.24, 2.45) is 0 Å². The van der Waals surface area contributed by atoms with Crippen LogP contribution >= 0.6 is 0 Å². The standard InChI is InChI=1S/C11H13N5O2/c1-13-10-8(11(17)18-2)9(12)16(15-10)7-5-3-4-6-14-7/h3-6H,12H2,1-2H3,(H,13,15). The maximum atomic E-state index is 11.6. The first kappa shape index (κ1) is 11.9. The summed E-state index contributed by atoms with van der Waals surface area (Å²) in [6.45, 7) is 0. The Kier molecular flexibility index (Phi) is 3.13. The molecule has 2 heterocycles. The van der Waals surface area contributed by atoms with E-state index < -0.39 is 5.97 Å². The Bertz CT molecular complexity index is 564. The Morgan fingerprint density at radius 2 is 2.28 bits per heavy atom. The van der Waals surface area contributed by atoms with Gasteiger partial charge in [0.2, 0.25) is 0 Å². The molecule has 0 aromatic carbocycles. The monoisotopic (exact) mass is 247 g/mol. The van der Waals surface area contributed by atoms with E-state index in [9.17, 15) is 4.79 Å². The first-order valence-electron chi connectivity index (χ1n) is 5.25. The van der Waals surface area contributed by atoms with E-state index in [1.807, 2.05) is 0 Å². The molecule has 18 heavy (non-hydrogen) atoms. The van der Waals surface area contributed by atoms with Crippen LogP contribution in [0.1, 0.15) is 10.4 Å². The van der Waals surface area contributed by atoms with Crippen LogP contribution in [0.3, 0.4) is 0 Å².